The maximum absolute atomic E-state index is 9.28. The van der Waals surface area contributed by atoms with Crippen molar-refractivity contribution >= 4 is 21.6 Å². The summed E-state index contributed by atoms with van der Waals surface area (Å²) in [4.78, 5) is 0. The maximum Gasteiger partial charge on any atom is 0.135 e. The quantitative estimate of drug-likeness (QED) is 0.860. The first-order valence-electron chi connectivity index (χ1n) is 6.46. The molecule has 0 heterocycles. The largest absolute Gasteiger partial charge is 0.508 e. The van der Waals surface area contributed by atoms with Crippen LogP contribution in [0, 0.1) is 0 Å². The standard InChI is InChI=1S/C16H18BrNO2/c1-11(9-12-3-6-14(19)7-4-12)18-13-5-8-15(17)16(10-13)20-2/h3-8,10-11,18-19H,9H2,1-2H3. The Morgan fingerprint density at radius 2 is 1.90 bits per heavy atom. The fourth-order valence-corrected chi connectivity index (χ4v) is 2.48. The third-order valence-electron chi connectivity index (χ3n) is 3.04. The summed E-state index contributed by atoms with van der Waals surface area (Å²) in [6.07, 6.45) is 0.888. The van der Waals surface area contributed by atoms with Gasteiger partial charge in [-0.1, -0.05) is 12.1 Å². The van der Waals surface area contributed by atoms with Crippen LogP contribution in [-0.2, 0) is 6.42 Å². The van der Waals surface area contributed by atoms with Gasteiger partial charge in [0.05, 0.1) is 11.6 Å². The van der Waals surface area contributed by atoms with Crippen LogP contribution in [-0.4, -0.2) is 18.3 Å². The predicted octanol–water partition coefficient (Wildman–Crippen LogP) is 4.21. The molecule has 0 bridgehead atoms. The molecule has 3 nitrogen and oxygen atoms in total. The van der Waals surface area contributed by atoms with Crippen molar-refractivity contribution < 1.29 is 9.84 Å². The normalized spacial score (nSPS) is 11.9. The first kappa shape index (κ1) is 14.7. The Balaban J connectivity index is 2.00. The van der Waals surface area contributed by atoms with Gasteiger partial charge in [-0.25, -0.2) is 0 Å². The number of phenols is 1. The molecule has 2 aromatic carbocycles. The van der Waals surface area contributed by atoms with E-state index in [4.69, 9.17) is 4.74 Å². The third kappa shape index (κ3) is 3.90. The number of phenolic OH excluding ortho intramolecular Hbond substituents is 1. The average molecular weight is 336 g/mol. The van der Waals surface area contributed by atoms with Gasteiger partial charge in [-0.2, -0.15) is 0 Å². The fourth-order valence-electron chi connectivity index (χ4n) is 2.07. The van der Waals surface area contributed by atoms with Gasteiger partial charge in [-0.3, -0.25) is 0 Å². The van der Waals surface area contributed by atoms with Gasteiger partial charge in [0.25, 0.3) is 0 Å². The Bertz CT molecular complexity index is 569. The van der Waals surface area contributed by atoms with Gasteiger partial charge in [0.1, 0.15) is 11.5 Å². The zero-order valence-corrected chi connectivity index (χ0v) is 13.1. The number of hydrogen-bond donors (Lipinski definition) is 2. The molecule has 20 heavy (non-hydrogen) atoms. The summed E-state index contributed by atoms with van der Waals surface area (Å²) in [5.74, 6) is 1.11. The van der Waals surface area contributed by atoms with Crippen molar-refractivity contribution in [2.45, 2.75) is 19.4 Å². The summed E-state index contributed by atoms with van der Waals surface area (Å²) in [6, 6.07) is 13.5. The van der Waals surface area contributed by atoms with Crippen molar-refractivity contribution in [2.75, 3.05) is 12.4 Å². The highest BCUT2D eigenvalue weighted by molar-refractivity contribution is 9.10. The van der Waals surface area contributed by atoms with Gasteiger partial charge in [0.15, 0.2) is 0 Å². The van der Waals surface area contributed by atoms with E-state index in [-0.39, 0.29) is 6.04 Å². The number of ether oxygens (including phenoxy) is 1. The first-order valence-corrected chi connectivity index (χ1v) is 7.26. The second kappa shape index (κ2) is 6.66. The molecular formula is C16H18BrNO2. The SMILES string of the molecule is COc1cc(NC(C)Cc2ccc(O)cc2)ccc1Br. The molecule has 0 aromatic heterocycles. The molecule has 1 unspecified atom stereocenters. The van der Waals surface area contributed by atoms with E-state index in [2.05, 4.69) is 28.2 Å². The van der Waals surface area contributed by atoms with E-state index >= 15 is 0 Å². The fraction of sp³-hybridized carbons (Fsp3) is 0.250. The van der Waals surface area contributed by atoms with Crippen LogP contribution in [0.1, 0.15) is 12.5 Å². The maximum atomic E-state index is 9.28. The minimum absolute atomic E-state index is 0.283. The number of methoxy groups -OCH3 is 1. The minimum atomic E-state index is 0.283. The van der Waals surface area contributed by atoms with E-state index in [1.807, 2.05) is 30.3 Å². The average Bonchev–Trinajstić information content (AvgIpc) is 2.43. The molecule has 0 saturated heterocycles. The molecule has 0 spiro atoms. The van der Waals surface area contributed by atoms with Crippen molar-refractivity contribution in [1.82, 2.24) is 0 Å². The highest BCUT2D eigenvalue weighted by Crippen LogP contribution is 2.28. The number of rotatable bonds is 5. The molecule has 106 valence electrons. The van der Waals surface area contributed by atoms with Crippen molar-refractivity contribution in [2.24, 2.45) is 0 Å². The Hall–Kier alpha value is -1.68. The molecule has 2 N–H and O–H groups in total. The lowest BCUT2D eigenvalue weighted by Gasteiger charge is -2.16. The van der Waals surface area contributed by atoms with Crippen LogP contribution in [0.4, 0.5) is 5.69 Å². The van der Waals surface area contributed by atoms with Crippen molar-refractivity contribution in [3.8, 4) is 11.5 Å². The third-order valence-corrected chi connectivity index (χ3v) is 3.70. The van der Waals surface area contributed by atoms with Crippen LogP contribution in [0.25, 0.3) is 0 Å². The molecule has 0 radical (unpaired) electrons. The van der Waals surface area contributed by atoms with Gasteiger partial charge in [0, 0.05) is 17.8 Å². The van der Waals surface area contributed by atoms with Crippen molar-refractivity contribution in [1.29, 1.82) is 0 Å². The molecule has 0 saturated carbocycles. The summed E-state index contributed by atoms with van der Waals surface area (Å²) < 4.78 is 6.23. The molecule has 0 aliphatic carbocycles. The first-order chi connectivity index (χ1) is 9.58. The van der Waals surface area contributed by atoms with Gasteiger partial charge in [0.2, 0.25) is 0 Å². The molecule has 1 atom stereocenters. The molecule has 2 aromatic rings. The highest BCUT2D eigenvalue weighted by Gasteiger charge is 2.06. The molecule has 0 fully saturated rings. The summed E-state index contributed by atoms with van der Waals surface area (Å²) >= 11 is 3.44. The predicted molar refractivity (Wildman–Crippen MR) is 85.6 cm³/mol. The number of anilines is 1. The van der Waals surface area contributed by atoms with Crippen molar-refractivity contribution in [3.63, 3.8) is 0 Å². The number of nitrogens with one attached hydrogen (secondary N) is 1. The molecule has 2 rings (SSSR count). The lowest BCUT2D eigenvalue weighted by molar-refractivity contribution is 0.412. The molecule has 0 amide bonds. The van der Waals surface area contributed by atoms with Crippen LogP contribution >= 0.6 is 15.9 Å². The van der Waals surface area contributed by atoms with E-state index in [0.29, 0.717) is 5.75 Å². The molecule has 0 aliphatic rings. The van der Waals surface area contributed by atoms with Crippen LogP contribution in [0.2, 0.25) is 0 Å². The van der Waals surface area contributed by atoms with Gasteiger partial charge in [-0.15, -0.1) is 0 Å². The van der Waals surface area contributed by atoms with E-state index in [1.54, 1.807) is 19.2 Å². The second-order valence-electron chi connectivity index (χ2n) is 4.77. The number of halogens is 1. The van der Waals surface area contributed by atoms with E-state index in [0.717, 1.165) is 22.3 Å². The lowest BCUT2D eigenvalue weighted by atomic mass is 10.1. The Kier molecular flexibility index (Phi) is 4.90. The van der Waals surface area contributed by atoms with Crippen LogP contribution in [0.3, 0.4) is 0 Å². The number of hydrogen-bond acceptors (Lipinski definition) is 3. The molecule has 0 aliphatic heterocycles. The smallest absolute Gasteiger partial charge is 0.135 e. The van der Waals surface area contributed by atoms with E-state index in [1.165, 1.54) is 5.56 Å². The Morgan fingerprint density at radius 1 is 1.20 bits per heavy atom. The van der Waals surface area contributed by atoms with Crippen LogP contribution in [0.15, 0.2) is 46.9 Å². The van der Waals surface area contributed by atoms with Gasteiger partial charge < -0.3 is 15.2 Å². The van der Waals surface area contributed by atoms with Crippen molar-refractivity contribution in [3.05, 3.63) is 52.5 Å². The summed E-state index contributed by atoms with van der Waals surface area (Å²) in [7, 11) is 1.66. The zero-order valence-electron chi connectivity index (χ0n) is 11.6. The van der Waals surface area contributed by atoms with Crippen LogP contribution < -0.4 is 10.1 Å². The summed E-state index contributed by atoms with van der Waals surface area (Å²) in [5, 5.41) is 12.7. The number of benzene rings is 2. The summed E-state index contributed by atoms with van der Waals surface area (Å²) in [5.41, 5.74) is 2.21. The monoisotopic (exact) mass is 335 g/mol. The molecular weight excluding hydrogens is 318 g/mol. The van der Waals surface area contributed by atoms with Crippen LogP contribution in [0.5, 0.6) is 11.5 Å². The molecule has 4 heteroatoms. The number of aromatic hydroxyl groups is 1. The summed E-state index contributed by atoms with van der Waals surface area (Å²) in [6.45, 7) is 2.13. The van der Waals surface area contributed by atoms with E-state index < -0.39 is 0 Å². The topological polar surface area (TPSA) is 41.5 Å². The lowest BCUT2D eigenvalue weighted by Crippen LogP contribution is -2.18. The minimum Gasteiger partial charge on any atom is -0.508 e. The van der Waals surface area contributed by atoms with E-state index in [9.17, 15) is 5.11 Å². The van der Waals surface area contributed by atoms with Gasteiger partial charge >= 0.3 is 0 Å². The van der Waals surface area contributed by atoms with Gasteiger partial charge in [-0.05, 0) is 59.1 Å². The zero-order chi connectivity index (χ0) is 14.5. The Labute approximate surface area is 127 Å². The Morgan fingerprint density at radius 3 is 2.55 bits per heavy atom. The second-order valence-corrected chi connectivity index (χ2v) is 5.62. The highest BCUT2D eigenvalue weighted by atomic mass is 79.9.